The van der Waals surface area contributed by atoms with Gasteiger partial charge in [-0.2, -0.15) is 0 Å². The molecular weight excluding hydrogens is 352 g/mol. The number of fused-ring (bicyclic) bond motifs is 1. The summed E-state index contributed by atoms with van der Waals surface area (Å²) < 4.78 is 49.1. The third kappa shape index (κ3) is 3.94. The molecule has 1 aliphatic rings. The lowest BCUT2D eigenvalue weighted by molar-refractivity contribution is -0.115. The Morgan fingerprint density at radius 2 is 1.84 bits per heavy atom. The average molecular weight is 367 g/mol. The molecule has 0 aromatic heterocycles. The fraction of sp³-hybridized carbons (Fsp3) is 0.188. The quantitative estimate of drug-likeness (QED) is 0.859. The maximum Gasteiger partial charge on any atom is 0.243 e. The number of rotatable bonds is 4. The molecule has 0 saturated carbocycles. The van der Waals surface area contributed by atoms with Gasteiger partial charge in [-0.1, -0.05) is 0 Å². The molecule has 1 amide bonds. The van der Waals surface area contributed by atoms with Gasteiger partial charge in [0.25, 0.3) is 0 Å². The summed E-state index contributed by atoms with van der Waals surface area (Å²) in [6, 6.07) is 7.23. The van der Waals surface area contributed by atoms with Crippen molar-refractivity contribution in [1.82, 2.24) is 0 Å². The van der Waals surface area contributed by atoms with Crippen LogP contribution in [0.25, 0.3) is 0 Å². The third-order valence-electron chi connectivity index (χ3n) is 3.85. The van der Waals surface area contributed by atoms with Crippen LogP contribution < -0.4 is 15.4 Å². The van der Waals surface area contributed by atoms with E-state index in [9.17, 15) is 22.0 Å². The highest BCUT2D eigenvalue weighted by atomic mass is 32.2. The lowest BCUT2D eigenvalue weighted by Crippen LogP contribution is -2.31. The van der Waals surface area contributed by atoms with Gasteiger partial charge in [0.05, 0.1) is 11.4 Å². The van der Waals surface area contributed by atoms with Crippen molar-refractivity contribution >= 4 is 27.3 Å². The molecule has 0 radical (unpaired) electrons. The van der Waals surface area contributed by atoms with Gasteiger partial charge in [0, 0.05) is 24.0 Å². The molecule has 2 aromatic rings. The number of hydrogen-bond donors (Lipinski definition) is 2. The number of hydrogen-bond acceptors (Lipinski definition) is 4. The zero-order chi connectivity index (χ0) is 18.2. The Bertz CT molecular complexity index is 927. The van der Waals surface area contributed by atoms with E-state index in [1.165, 1.54) is 12.1 Å². The number of nitrogens with zero attached hydrogens (tertiary/aromatic N) is 1. The standard InChI is InChI=1S/C16H15F2N3O3S/c17-11-6-12(18)8-13(7-11)20-16(22)9-21-4-3-10-5-14(25(19,23)24)1-2-15(10)21/h1-2,5-8H,3-4,9H2,(H,20,22)(H2,19,23,24). The number of primary sulfonamides is 1. The number of benzene rings is 2. The van der Waals surface area contributed by atoms with E-state index in [2.05, 4.69) is 5.32 Å². The molecule has 2 aromatic carbocycles. The second kappa shape index (κ2) is 6.41. The predicted octanol–water partition coefficient (Wildman–Crippen LogP) is 1.61. The summed E-state index contributed by atoms with van der Waals surface area (Å²) in [6.07, 6.45) is 0.570. The molecule has 0 spiro atoms. The molecule has 25 heavy (non-hydrogen) atoms. The zero-order valence-electron chi connectivity index (χ0n) is 13.0. The number of sulfonamides is 1. The highest BCUT2D eigenvalue weighted by Crippen LogP contribution is 2.29. The van der Waals surface area contributed by atoms with Gasteiger partial charge in [-0.25, -0.2) is 22.3 Å². The SMILES string of the molecule is NS(=O)(=O)c1ccc2c(c1)CCN2CC(=O)Nc1cc(F)cc(F)c1. The molecule has 3 N–H and O–H groups in total. The Kier molecular flexibility index (Phi) is 4.44. The number of nitrogens with one attached hydrogen (secondary N) is 1. The first-order valence-corrected chi connectivity index (χ1v) is 8.93. The minimum Gasteiger partial charge on any atom is -0.362 e. The van der Waals surface area contributed by atoms with Crippen LogP contribution in [0.15, 0.2) is 41.3 Å². The topological polar surface area (TPSA) is 92.5 Å². The van der Waals surface area contributed by atoms with Crippen LogP contribution in [0.4, 0.5) is 20.2 Å². The van der Waals surface area contributed by atoms with Crippen molar-refractivity contribution < 1.29 is 22.0 Å². The second-order valence-electron chi connectivity index (χ2n) is 5.71. The normalized spacial score (nSPS) is 13.6. The van der Waals surface area contributed by atoms with E-state index < -0.39 is 27.6 Å². The number of carbonyl (C=O) groups excluding carboxylic acids is 1. The van der Waals surface area contributed by atoms with E-state index in [1.807, 2.05) is 0 Å². The molecule has 132 valence electrons. The molecule has 9 heteroatoms. The lowest BCUT2D eigenvalue weighted by atomic mass is 10.2. The van der Waals surface area contributed by atoms with Crippen LogP contribution in [0.2, 0.25) is 0 Å². The maximum atomic E-state index is 13.2. The van der Waals surface area contributed by atoms with Gasteiger partial charge >= 0.3 is 0 Å². The van der Waals surface area contributed by atoms with E-state index in [0.29, 0.717) is 13.0 Å². The Balaban J connectivity index is 1.72. The van der Waals surface area contributed by atoms with Gasteiger partial charge in [-0.05, 0) is 42.3 Å². The molecule has 1 aliphatic heterocycles. The molecule has 6 nitrogen and oxygen atoms in total. The van der Waals surface area contributed by atoms with Gasteiger partial charge in [-0.15, -0.1) is 0 Å². The number of amides is 1. The van der Waals surface area contributed by atoms with Crippen LogP contribution >= 0.6 is 0 Å². The first-order valence-electron chi connectivity index (χ1n) is 7.39. The number of halogens is 2. The van der Waals surface area contributed by atoms with E-state index in [0.717, 1.165) is 29.4 Å². The third-order valence-corrected chi connectivity index (χ3v) is 4.76. The molecule has 0 atom stereocenters. The molecule has 0 fully saturated rings. The zero-order valence-corrected chi connectivity index (χ0v) is 13.8. The summed E-state index contributed by atoms with van der Waals surface area (Å²) in [5.41, 5.74) is 1.54. The van der Waals surface area contributed by atoms with Crippen molar-refractivity contribution in [2.75, 3.05) is 23.3 Å². The minimum absolute atomic E-state index is 0.0211. The van der Waals surface area contributed by atoms with Crippen molar-refractivity contribution in [3.63, 3.8) is 0 Å². The number of nitrogens with two attached hydrogens (primary N) is 1. The van der Waals surface area contributed by atoms with Gasteiger partial charge in [0.1, 0.15) is 11.6 Å². The predicted molar refractivity (Wildman–Crippen MR) is 88.7 cm³/mol. The van der Waals surface area contributed by atoms with Crippen LogP contribution in [0, 0.1) is 11.6 Å². The molecule has 3 rings (SSSR count). The molecule has 0 aliphatic carbocycles. The first kappa shape index (κ1) is 17.3. The van der Waals surface area contributed by atoms with Crippen LogP contribution in [0.1, 0.15) is 5.56 Å². The van der Waals surface area contributed by atoms with Crippen molar-refractivity contribution in [3.8, 4) is 0 Å². The van der Waals surface area contributed by atoms with E-state index in [-0.39, 0.29) is 17.1 Å². The molecule has 1 heterocycles. The smallest absolute Gasteiger partial charge is 0.243 e. The Hall–Kier alpha value is -2.52. The Morgan fingerprint density at radius 1 is 1.16 bits per heavy atom. The number of anilines is 2. The van der Waals surface area contributed by atoms with E-state index in [4.69, 9.17) is 5.14 Å². The molecule has 0 unspecified atom stereocenters. The minimum atomic E-state index is -3.78. The maximum absolute atomic E-state index is 13.2. The monoisotopic (exact) mass is 367 g/mol. The van der Waals surface area contributed by atoms with E-state index >= 15 is 0 Å². The summed E-state index contributed by atoms with van der Waals surface area (Å²) >= 11 is 0. The summed E-state index contributed by atoms with van der Waals surface area (Å²) in [7, 11) is -3.78. The Morgan fingerprint density at radius 3 is 2.48 bits per heavy atom. The van der Waals surface area contributed by atoms with Crippen molar-refractivity contribution in [1.29, 1.82) is 0 Å². The highest BCUT2D eigenvalue weighted by molar-refractivity contribution is 7.89. The van der Waals surface area contributed by atoms with Crippen LogP contribution in [-0.2, 0) is 21.2 Å². The van der Waals surface area contributed by atoms with Gasteiger partial charge in [-0.3, -0.25) is 4.79 Å². The lowest BCUT2D eigenvalue weighted by Gasteiger charge is -2.19. The van der Waals surface area contributed by atoms with Crippen LogP contribution in [-0.4, -0.2) is 27.4 Å². The van der Waals surface area contributed by atoms with Gasteiger partial charge in [0.15, 0.2) is 0 Å². The first-order chi connectivity index (χ1) is 11.7. The van der Waals surface area contributed by atoms with Crippen LogP contribution in [0.3, 0.4) is 0 Å². The fourth-order valence-corrected chi connectivity index (χ4v) is 3.35. The Labute approximate surface area is 143 Å². The summed E-state index contributed by atoms with van der Waals surface area (Å²) in [6.45, 7) is 0.494. The van der Waals surface area contributed by atoms with E-state index in [1.54, 1.807) is 11.0 Å². The second-order valence-corrected chi connectivity index (χ2v) is 7.27. The van der Waals surface area contributed by atoms with Crippen molar-refractivity contribution in [3.05, 3.63) is 53.6 Å². The highest BCUT2D eigenvalue weighted by Gasteiger charge is 2.23. The summed E-state index contributed by atoms with van der Waals surface area (Å²) in [5, 5.41) is 7.55. The summed E-state index contributed by atoms with van der Waals surface area (Å²) in [4.78, 5) is 13.9. The number of carbonyl (C=O) groups is 1. The fourth-order valence-electron chi connectivity index (χ4n) is 2.79. The average Bonchev–Trinajstić information content (AvgIpc) is 2.87. The van der Waals surface area contributed by atoms with Crippen molar-refractivity contribution in [2.24, 2.45) is 5.14 Å². The molecular formula is C16H15F2N3O3S. The molecule has 0 bridgehead atoms. The van der Waals surface area contributed by atoms with Gasteiger partial charge in [0.2, 0.25) is 15.9 Å². The molecule has 0 saturated heterocycles. The largest absolute Gasteiger partial charge is 0.362 e. The summed E-state index contributed by atoms with van der Waals surface area (Å²) in [5.74, 6) is -2.00. The van der Waals surface area contributed by atoms with Gasteiger partial charge < -0.3 is 10.2 Å². The van der Waals surface area contributed by atoms with Crippen LogP contribution in [0.5, 0.6) is 0 Å². The van der Waals surface area contributed by atoms with Crippen molar-refractivity contribution in [2.45, 2.75) is 11.3 Å².